The summed E-state index contributed by atoms with van der Waals surface area (Å²) in [6.45, 7) is 23.6. The number of hydrogen-bond donors (Lipinski definition) is 1. The van der Waals surface area contributed by atoms with Crippen LogP contribution in [0.2, 0.25) is 0 Å². The van der Waals surface area contributed by atoms with E-state index >= 15 is 0 Å². The van der Waals surface area contributed by atoms with Gasteiger partial charge in [0.25, 0.3) is 0 Å². The third kappa shape index (κ3) is 7.07. The zero-order chi connectivity index (χ0) is 27.3. The van der Waals surface area contributed by atoms with Gasteiger partial charge >= 0.3 is 0 Å². The van der Waals surface area contributed by atoms with Gasteiger partial charge in [-0.05, 0) is 73.4 Å². The lowest BCUT2D eigenvalue weighted by Crippen LogP contribution is -2.31. The highest BCUT2D eigenvalue weighted by Crippen LogP contribution is 2.31. The molecular formula is C34H45N3. The van der Waals surface area contributed by atoms with Crippen LogP contribution in [0.25, 0.3) is 11.4 Å². The number of nitrogens with zero attached hydrogens (tertiary/aromatic N) is 2. The van der Waals surface area contributed by atoms with E-state index in [0.717, 1.165) is 53.2 Å². The monoisotopic (exact) mass is 495 g/mol. The molecule has 1 aliphatic rings. The molecule has 0 fully saturated rings. The molecule has 0 heterocycles. The lowest BCUT2D eigenvalue weighted by molar-refractivity contribution is 0.464. The van der Waals surface area contributed by atoms with Crippen LogP contribution in [0.1, 0.15) is 63.6 Å². The third-order valence-corrected chi connectivity index (χ3v) is 7.46. The standard InChI is InChI=1S/C34H45N3/c1-24(2)36(9)30-19-15-28(16-20-30)27(5)37(10)31-21-17-29(18-22-31)35-33(23-26(4)34(6,7)8)32-14-12-11-13-25(32)3/h11-16,19-21,23,29,35H,1,4-5,17-18,22H2,2-3,6-10H3/b33-23+. The van der Waals surface area contributed by atoms with Gasteiger partial charge in [-0.3, -0.25) is 0 Å². The largest absolute Gasteiger partial charge is 0.381 e. The van der Waals surface area contributed by atoms with Crippen molar-refractivity contribution in [2.24, 2.45) is 5.41 Å². The topological polar surface area (TPSA) is 18.5 Å². The van der Waals surface area contributed by atoms with E-state index < -0.39 is 0 Å². The van der Waals surface area contributed by atoms with E-state index in [9.17, 15) is 0 Å². The van der Waals surface area contributed by atoms with Crippen LogP contribution < -0.4 is 10.2 Å². The smallest absolute Gasteiger partial charge is 0.0421 e. The maximum atomic E-state index is 4.40. The molecule has 0 amide bonds. The molecule has 3 rings (SSSR count). The molecule has 3 heteroatoms. The Morgan fingerprint density at radius 2 is 1.62 bits per heavy atom. The molecule has 2 aromatic carbocycles. The van der Waals surface area contributed by atoms with Gasteiger partial charge in [0.15, 0.2) is 0 Å². The molecule has 0 aliphatic heterocycles. The Labute approximate surface area is 225 Å². The molecule has 37 heavy (non-hydrogen) atoms. The van der Waals surface area contributed by atoms with Gasteiger partial charge in [0, 0.05) is 54.2 Å². The Morgan fingerprint density at radius 3 is 2.16 bits per heavy atom. The maximum absolute atomic E-state index is 4.40. The maximum Gasteiger partial charge on any atom is 0.0421 e. The summed E-state index contributed by atoms with van der Waals surface area (Å²) in [7, 11) is 4.16. The molecule has 0 radical (unpaired) electrons. The van der Waals surface area contributed by atoms with Crippen LogP contribution in [0.3, 0.4) is 0 Å². The molecule has 1 unspecified atom stereocenters. The Kier molecular flexibility index (Phi) is 8.91. The molecule has 1 N–H and O–H groups in total. The highest BCUT2D eigenvalue weighted by atomic mass is 15.1. The molecule has 0 saturated carbocycles. The van der Waals surface area contributed by atoms with E-state index in [1.165, 1.54) is 16.8 Å². The van der Waals surface area contributed by atoms with Crippen molar-refractivity contribution in [2.75, 3.05) is 19.0 Å². The van der Waals surface area contributed by atoms with Crippen LogP contribution in [-0.2, 0) is 0 Å². The van der Waals surface area contributed by atoms with E-state index in [2.05, 4.69) is 130 Å². The van der Waals surface area contributed by atoms with E-state index in [1.807, 2.05) is 14.0 Å². The van der Waals surface area contributed by atoms with Crippen LogP contribution in [0.15, 0.2) is 97.4 Å². The summed E-state index contributed by atoms with van der Waals surface area (Å²) in [5.74, 6) is 0. The van der Waals surface area contributed by atoms with Gasteiger partial charge in [0.2, 0.25) is 0 Å². The fourth-order valence-corrected chi connectivity index (χ4v) is 4.40. The summed E-state index contributed by atoms with van der Waals surface area (Å²) in [6.07, 6.45) is 7.65. The fraction of sp³-hybridized carbons (Fsp3) is 0.353. The molecule has 0 saturated heterocycles. The SMILES string of the molecule is C=C(c1ccc(N(C)C(=C)C)cc1)N(C)C1=CCC(N/C(=C/C(=C)C(C)(C)C)c2ccccc2C)CC1. The number of anilines is 1. The molecule has 1 aliphatic carbocycles. The Balaban J connectivity index is 1.72. The Bertz CT molecular complexity index is 1200. The van der Waals surface area contributed by atoms with Gasteiger partial charge in [-0.15, -0.1) is 0 Å². The first-order chi connectivity index (χ1) is 17.4. The lowest BCUT2D eigenvalue weighted by Gasteiger charge is -2.32. The first kappa shape index (κ1) is 28.1. The normalized spacial score (nSPS) is 16.0. The predicted octanol–water partition coefficient (Wildman–Crippen LogP) is 8.54. The summed E-state index contributed by atoms with van der Waals surface area (Å²) in [4.78, 5) is 4.33. The number of hydrogen-bond acceptors (Lipinski definition) is 3. The van der Waals surface area contributed by atoms with E-state index in [0.29, 0.717) is 6.04 Å². The van der Waals surface area contributed by atoms with Crippen molar-refractivity contribution in [3.8, 4) is 0 Å². The Morgan fingerprint density at radius 1 is 0.973 bits per heavy atom. The second-order valence-electron chi connectivity index (χ2n) is 11.3. The molecule has 3 nitrogen and oxygen atoms in total. The van der Waals surface area contributed by atoms with Gasteiger partial charge in [-0.1, -0.05) is 83.0 Å². The predicted molar refractivity (Wildman–Crippen MR) is 163 cm³/mol. The lowest BCUT2D eigenvalue weighted by atomic mass is 9.86. The van der Waals surface area contributed by atoms with Crippen LogP contribution in [0.5, 0.6) is 0 Å². The number of rotatable bonds is 9. The van der Waals surface area contributed by atoms with Crippen molar-refractivity contribution in [3.63, 3.8) is 0 Å². The minimum absolute atomic E-state index is 0.0243. The van der Waals surface area contributed by atoms with Gasteiger partial charge in [0.1, 0.15) is 0 Å². The zero-order valence-electron chi connectivity index (χ0n) is 24.0. The summed E-state index contributed by atoms with van der Waals surface area (Å²) in [6, 6.07) is 17.5. The average Bonchev–Trinajstić information content (AvgIpc) is 2.87. The van der Waals surface area contributed by atoms with Crippen LogP contribution in [0.4, 0.5) is 5.69 Å². The molecule has 2 aromatic rings. The molecule has 1 atom stereocenters. The summed E-state index contributed by atoms with van der Waals surface area (Å²) in [5, 5.41) is 3.87. The second-order valence-corrected chi connectivity index (χ2v) is 11.3. The van der Waals surface area contributed by atoms with E-state index in [1.54, 1.807) is 0 Å². The van der Waals surface area contributed by atoms with Crippen molar-refractivity contribution < 1.29 is 0 Å². The van der Waals surface area contributed by atoms with Crippen LogP contribution in [-0.4, -0.2) is 25.0 Å². The van der Waals surface area contributed by atoms with Gasteiger partial charge in [-0.25, -0.2) is 0 Å². The molecule has 196 valence electrons. The van der Waals surface area contributed by atoms with Crippen molar-refractivity contribution in [3.05, 3.63) is 114 Å². The highest BCUT2D eigenvalue weighted by Gasteiger charge is 2.21. The van der Waals surface area contributed by atoms with Crippen molar-refractivity contribution in [1.82, 2.24) is 10.2 Å². The van der Waals surface area contributed by atoms with E-state index in [4.69, 9.17) is 0 Å². The number of nitrogens with one attached hydrogen (secondary N) is 1. The number of aryl methyl sites for hydroxylation is 1. The first-order valence-electron chi connectivity index (χ1n) is 13.2. The van der Waals surface area contributed by atoms with Crippen LogP contribution in [0, 0.1) is 12.3 Å². The zero-order valence-corrected chi connectivity index (χ0v) is 24.0. The van der Waals surface area contributed by atoms with Crippen LogP contribution >= 0.6 is 0 Å². The minimum atomic E-state index is 0.0243. The van der Waals surface area contributed by atoms with Crippen molar-refractivity contribution in [1.29, 1.82) is 0 Å². The van der Waals surface area contributed by atoms with Crippen molar-refractivity contribution in [2.45, 2.75) is 59.9 Å². The fourth-order valence-electron chi connectivity index (χ4n) is 4.40. The second kappa shape index (κ2) is 11.7. The summed E-state index contributed by atoms with van der Waals surface area (Å²) in [5.41, 5.74) is 10.5. The minimum Gasteiger partial charge on any atom is -0.381 e. The van der Waals surface area contributed by atoms with E-state index in [-0.39, 0.29) is 5.41 Å². The molecule has 0 spiro atoms. The average molecular weight is 496 g/mol. The Hall–Kier alpha value is -3.46. The number of allylic oxidation sites excluding steroid dienone is 4. The first-order valence-corrected chi connectivity index (χ1v) is 13.2. The molecule has 0 aromatic heterocycles. The molecule has 0 bridgehead atoms. The van der Waals surface area contributed by atoms with Gasteiger partial charge in [-0.2, -0.15) is 0 Å². The summed E-state index contributed by atoms with van der Waals surface area (Å²) >= 11 is 0. The number of benzene rings is 2. The molecular weight excluding hydrogens is 450 g/mol. The highest BCUT2D eigenvalue weighted by molar-refractivity contribution is 5.70. The summed E-state index contributed by atoms with van der Waals surface area (Å²) < 4.78 is 0. The quantitative estimate of drug-likeness (QED) is 0.352. The van der Waals surface area contributed by atoms with Gasteiger partial charge < -0.3 is 15.1 Å². The third-order valence-electron chi connectivity index (χ3n) is 7.46. The van der Waals surface area contributed by atoms with Crippen molar-refractivity contribution >= 4 is 17.1 Å². The van der Waals surface area contributed by atoms with Gasteiger partial charge in [0.05, 0.1) is 0 Å².